The maximum absolute atomic E-state index is 15.5. The van der Waals surface area contributed by atoms with Gasteiger partial charge in [0.1, 0.15) is 17.5 Å². The van der Waals surface area contributed by atoms with E-state index in [2.05, 4.69) is 20.5 Å². The first-order valence-electron chi connectivity index (χ1n) is 16.0. The number of morpholine rings is 1. The molecule has 2 aliphatic rings. The number of pyridine rings is 1. The summed E-state index contributed by atoms with van der Waals surface area (Å²) in [6, 6.07) is 16.8. The number of urea groups is 1. The number of halogens is 2. The summed E-state index contributed by atoms with van der Waals surface area (Å²) in [6.07, 6.45) is 3.20. The minimum Gasteiger partial charge on any atom is -0.378 e. The molecule has 5 aromatic rings. The summed E-state index contributed by atoms with van der Waals surface area (Å²) in [4.78, 5) is 45.2. The first-order valence-corrected chi connectivity index (χ1v) is 16.0. The Kier molecular flexibility index (Phi) is 9.09. The molecule has 13 heteroatoms. The monoisotopic (exact) mass is 664 g/mol. The molecule has 0 aliphatic carbocycles. The average molecular weight is 665 g/mol. The van der Waals surface area contributed by atoms with Crippen LogP contribution < -0.4 is 15.5 Å². The zero-order valence-corrected chi connectivity index (χ0v) is 26.8. The molecule has 250 valence electrons. The van der Waals surface area contributed by atoms with Crippen molar-refractivity contribution >= 4 is 40.0 Å². The summed E-state index contributed by atoms with van der Waals surface area (Å²) < 4.78 is 36.4. The van der Waals surface area contributed by atoms with Gasteiger partial charge in [0.2, 0.25) is 0 Å². The zero-order valence-electron chi connectivity index (χ0n) is 26.8. The van der Waals surface area contributed by atoms with Crippen LogP contribution in [-0.4, -0.2) is 96.2 Å². The normalized spacial score (nSPS) is 15.3. The fraction of sp³-hybridized carbons (Fsp3) is 0.250. The minimum atomic E-state index is -0.687. The lowest BCUT2D eigenvalue weighted by atomic mass is 10.0. The second-order valence-electron chi connectivity index (χ2n) is 12.0. The highest BCUT2D eigenvalue weighted by Crippen LogP contribution is 2.34. The van der Waals surface area contributed by atoms with Crippen LogP contribution in [0.15, 0.2) is 79.1 Å². The molecule has 3 amide bonds. The molecular formula is C36H34F2N8O3. The van der Waals surface area contributed by atoms with Gasteiger partial charge in [0.15, 0.2) is 5.82 Å². The summed E-state index contributed by atoms with van der Waals surface area (Å²) >= 11 is 0. The first kappa shape index (κ1) is 32.0. The highest BCUT2D eigenvalue weighted by Gasteiger charge is 2.22. The molecule has 0 spiro atoms. The molecule has 0 radical (unpaired) electrons. The van der Waals surface area contributed by atoms with Crippen LogP contribution in [0.25, 0.3) is 33.4 Å². The Bertz CT molecular complexity index is 2000. The maximum Gasteiger partial charge on any atom is 0.323 e. The number of hydrogen-bond acceptors (Lipinski definition) is 8. The third-order valence-corrected chi connectivity index (χ3v) is 8.70. The second-order valence-corrected chi connectivity index (χ2v) is 12.0. The number of piperazine rings is 1. The van der Waals surface area contributed by atoms with Gasteiger partial charge in [0, 0.05) is 85.0 Å². The Morgan fingerprint density at radius 3 is 2.31 bits per heavy atom. The number of nitrogens with zero attached hydrogens (tertiary/aromatic N) is 6. The van der Waals surface area contributed by atoms with Gasteiger partial charge in [0.05, 0.1) is 24.4 Å². The number of carbonyl (C=O) groups is 2. The molecule has 2 fully saturated rings. The molecule has 7 rings (SSSR count). The van der Waals surface area contributed by atoms with E-state index in [0.29, 0.717) is 84.1 Å². The van der Waals surface area contributed by atoms with Crippen LogP contribution in [-0.2, 0) is 4.74 Å². The molecular weight excluding hydrogens is 630 g/mol. The van der Waals surface area contributed by atoms with Crippen LogP contribution in [0.3, 0.4) is 0 Å². The van der Waals surface area contributed by atoms with Crippen molar-refractivity contribution in [2.45, 2.75) is 0 Å². The molecule has 0 bridgehead atoms. The van der Waals surface area contributed by atoms with Gasteiger partial charge in [-0.1, -0.05) is 6.07 Å². The van der Waals surface area contributed by atoms with E-state index in [9.17, 15) is 9.59 Å². The average Bonchev–Trinajstić information content (AvgIpc) is 3.13. The topological polar surface area (TPSA) is 116 Å². The summed E-state index contributed by atoms with van der Waals surface area (Å²) in [7, 11) is 2.03. The van der Waals surface area contributed by atoms with Crippen molar-refractivity contribution < 1.29 is 23.1 Å². The second kappa shape index (κ2) is 13.9. The smallest absolute Gasteiger partial charge is 0.323 e. The third-order valence-electron chi connectivity index (χ3n) is 8.70. The largest absolute Gasteiger partial charge is 0.378 e. The fourth-order valence-corrected chi connectivity index (χ4v) is 5.95. The number of fused-ring (bicyclic) bond motifs is 1. The number of nitrogens with one attached hydrogen (secondary N) is 2. The van der Waals surface area contributed by atoms with Gasteiger partial charge in [-0.25, -0.2) is 23.5 Å². The Morgan fingerprint density at radius 1 is 0.816 bits per heavy atom. The standard InChI is InChI=1S/C36H34F2N8O3/c1-44-11-13-46(14-12-44)35(47)23-4-7-26(8-5-23)40-36(48)42-31-9-6-24(19-30(31)38)33-41-32-21-27(25-3-2-10-39-22-25)29(37)20-28(32)34(43-33)45-15-17-49-18-16-45/h2-10,19-22H,11-18H2,1H3,(H2,40,42,48). The van der Waals surface area contributed by atoms with Crippen molar-refractivity contribution in [2.75, 3.05) is 75.1 Å². The molecule has 0 unspecified atom stereocenters. The van der Waals surface area contributed by atoms with Gasteiger partial charge in [0.25, 0.3) is 5.91 Å². The van der Waals surface area contributed by atoms with Crippen LogP contribution in [0.1, 0.15) is 10.4 Å². The van der Waals surface area contributed by atoms with Crippen LogP contribution in [0.2, 0.25) is 0 Å². The number of benzene rings is 3. The number of anilines is 3. The number of carbonyl (C=O) groups excluding carboxylic acids is 2. The lowest BCUT2D eigenvalue weighted by Gasteiger charge is -2.32. The Hall–Kier alpha value is -5.53. The number of ether oxygens (including phenoxy) is 1. The van der Waals surface area contributed by atoms with Gasteiger partial charge < -0.3 is 30.1 Å². The summed E-state index contributed by atoms with van der Waals surface area (Å²) in [6.45, 7) is 5.07. The Balaban J connectivity index is 1.10. The van der Waals surface area contributed by atoms with E-state index < -0.39 is 17.7 Å². The number of hydrogen-bond donors (Lipinski definition) is 2. The van der Waals surface area contributed by atoms with E-state index in [1.807, 2.05) is 16.8 Å². The lowest BCUT2D eigenvalue weighted by Crippen LogP contribution is -2.47. The molecule has 2 aliphatic heterocycles. The van der Waals surface area contributed by atoms with Gasteiger partial charge in [-0.2, -0.15) is 0 Å². The molecule has 11 nitrogen and oxygen atoms in total. The van der Waals surface area contributed by atoms with Crippen molar-refractivity contribution in [1.29, 1.82) is 0 Å². The number of likely N-dealkylation sites (N-methyl/N-ethyl adjacent to an activating group) is 1. The van der Waals surface area contributed by atoms with Gasteiger partial charge in [-0.3, -0.25) is 9.78 Å². The summed E-state index contributed by atoms with van der Waals surface area (Å²) in [5.41, 5.74) is 2.75. The fourth-order valence-electron chi connectivity index (χ4n) is 5.95. The van der Waals surface area contributed by atoms with E-state index in [-0.39, 0.29) is 17.4 Å². The van der Waals surface area contributed by atoms with Crippen LogP contribution in [0, 0.1) is 11.6 Å². The molecule has 0 atom stereocenters. The highest BCUT2D eigenvalue weighted by atomic mass is 19.1. The first-order chi connectivity index (χ1) is 23.8. The van der Waals surface area contributed by atoms with Crippen molar-refractivity contribution in [1.82, 2.24) is 24.8 Å². The molecule has 2 aromatic heterocycles. The van der Waals surface area contributed by atoms with E-state index in [1.165, 1.54) is 18.2 Å². The van der Waals surface area contributed by atoms with E-state index in [0.717, 1.165) is 13.1 Å². The van der Waals surface area contributed by atoms with E-state index in [4.69, 9.17) is 14.7 Å². The molecule has 49 heavy (non-hydrogen) atoms. The predicted octanol–water partition coefficient (Wildman–Crippen LogP) is 5.51. The van der Waals surface area contributed by atoms with Gasteiger partial charge in [-0.05, 0) is 67.7 Å². The van der Waals surface area contributed by atoms with Crippen LogP contribution in [0.4, 0.5) is 30.8 Å². The van der Waals surface area contributed by atoms with E-state index in [1.54, 1.807) is 60.9 Å². The molecule has 3 aromatic carbocycles. The summed E-state index contributed by atoms with van der Waals surface area (Å²) in [5.74, 6) is -0.398. The molecule has 0 saturated carbocycles. The van der Waals surface area contributed by atoms with Crippen LogP contribution in [0.5, 0.6) is 0 Å². The van der Waals surface area contributed by atoms with Crippen molar-refractivity contribution in [3.05, 3.63) is 96.3 Å². The number of amides is 3. The Morgan fingerprint density at radius 2 is 1.59 bits per heavy atom. The molecule has 2 N–H and O–H groups in total. The molecule has 2 saturated heterocycles. The maximum atomic E-state index is 15.5. The lowest BCUT2D eigenvalue weighted by molar-refractivity contribution is 0.0664. The SMILES string of the molecule is CN1CCN(C(=O)c2ccc(NC(=O)Nc3ccc(-c4nc(N5CCOCC5)c5cc(F)c(-c6cccnc6)cc5n4)cc3F)cc2)CC1. The quantitative estimate of drug-likeness (QED) is 0.245. The van der Waals surface area contributed by atoms with Crippen molar-refractivity contribution in [3.8, 4) is 22.5 Å². The zero-order chi connectivity index (χ0) is 33.9. The number of rotatable bonds is 6. The van der Waals surface area contributed by atoms with Crippen molar-refractivity contribution in [2.24, 2.45) is 0 Å². The van der Waals surface area contributed by atoms with Gasteiger partial charge in [-0.15, -0.1) is 0 Å². The summed E-state index contributed by atoms with van der Waals surface area (Å²) in [5, 5.41) is 5.75. The van der Waals surface area contributed by atoms with Crippen LogP contribution >= 0.6 is 0 Å². The number of aromatic nitrogens is 3. The Labute approximate surface area is 281 Å². The highest BCUT2D eigenvalue weighted by molar-refractivity contribution is 6.01. The van der Waals surface area contributed by atoms with Crippen molar-refractivity contribution in [3.63, 3.8) is 0 Å². The predicted molar refractivity (Wildman–Crippen MR) is 184 cm³/mol. The van der Waals surface area contributed by atoms with Gasteiger partial charge >= 0.3 is 6.03 Å². The van der Waals surface area contributed by atoms with E-state index >= 15 is 8.78 Å². The molecule has 4 heterocycles. The third kappa shape index (κ3) is 7.03. The minimum absolute atomic E-state index is 0.0433.